The van der Waals surface area contributed by atoms with Crippen molar-refractivity contribution in [2.45, 2.75) is 31.4 Å². The molecule has 0 saturated heterocycles. The van der Waals surface area contributed by atoms with Crippen molar-refractivity contribution in [1.82, 2.24) is 9.71 Å². The molecule has 1 N–H and O–H groups in total. The summed E-state index contributed by atoms with van der Waals surface area (Å²) in [5.74, 6) is -1.88. The van der Waals surface area contributed by atoms with Gasteiger partial charge in [-0.15, -0.1) is 0 Å². The molecule has 0 radical (unpaired) electrons. The van der Waals surface area contributed by atoms with Crippen LogP contribution in [0.4, 0.5) is 4.39 Å². The van der Waals surface area contributed by atoms with Gasteiger partial charge in [-0.05, 0) is 48.6 Å². The number of ether oxygens (including phenoxy) is 1. The van der Waals surface area contributed by atoms with Crippen molar-refractivity contribution in [3.05, 3.63) is 70.6 Å². The van der Waals surface area contributed by atoms with Gasteiger partial charge in [-0.1, -0.05) is 36.6 Å². The molecule has 1 aliphatic carbocycles. The summed E-state index contributed by atoms with van der Waals surface area (Å²) in [6.07, 6.45) is 6.07. The second kappa shape index (κ2) is 9.42. The number of amides is 1. The Bertz CT molecular complexity index is 1260. The van der Waals surface area contributed by atoms with Crippen LogP contribution in [-0.2, 0) is 15.8 Å². The molecular formula is C23H22ClFN2O4S. The van der Waals surface area contributed by atoms with E-state index in [2.05, 4.69) is 4.98 Å². The smallest absolute Gasteiger partial charge is 0.267 e. The molecule has 2 aromatic carbocycles. The Labute approximate surface area is 190 Å². The Morgan fingerprint density at radius 2 is 1.97 bits per heavy atom. The van der Waals surface area contributed by atoms with Gasteiger partial charge in [-0.25, -0.2) is 17.5 Å². The summed E-state index contributed by atoms with van der Waals surface area (Å²) in [4.78, 5) is 16.7. The van der Waals surface area contributed by atoms with E-state index in [1.54, 1.807) is 30.5 Å². The highest BCUT2D eigenvalue weighted by molar-refractivity contribution is 7.89. The SMILES string of the molecule is O=C(NS(=O)(=O)Cc1ccc2ncccc2c1)c1cc(Cl)c(OCC2CCCC2)cc1F. The lowest BCUT2D eigenvalue weighted by molar-refractivity contribution is 0.0977. The van der Waals surface area contributed by atoms with Gasteiger partial charge in [0.05, 0.1) is 28.5 Å². The molecule has 1 aliphatic rings. The first-order valence-corrected chi connectivity index (χ1v) is 12.3. The van der Waals surface area contributed by atoms with Crippen LogP contribution in [0, 0.1) is 11.7 Å². The lowest BCUT2D eigenvalue weighted by atomic mass is 10.1. The Balaban J connectivity index is 1.45. The van der Waals surface area contributed by atoms with Gasteiger partial charge >= 0.3 is 0 Å². The molecule has 0 aliphatic heterocycles. The maximum atomic E-state index is 14.6. The number of nitrogens with one attached hydrogen (secondary N) is 1. The van der Waals surface area contributed by atoms with Crippen LogP contribution in [0.5, 0.6) is 5.75 Å². The van der Waals surface area contributed by atoms with E-state index in [9.17, 15) is 17.6 Å². The molecule has 1 aromatic heterocycles. The standard InChI is InChI=1S/C23H22ClFN2O4S/c24-19-11-18(20(25)12-22(19)31-13-15-4-1-2-5-15)23(28)27-32(29,30)14-16-7-8-21-17(10-16)6-3-9-26-21/h3,6-12,15H,1-2,4-5,13-14H2,(H,27,28). The van der Waals surface area contributed by atoms with Crippen LogP contribution in [0.15, 0.2) is 48.7 Å². The Kier molecular flexibility index (Phi) is 6.62. The first-order chi connectivity index (χ1) is 15.3. The average Bonchev–Trinajstić information content (AvgIpc) is 3.27. The number of fused-ring (bicyclic) bond motifs is 1. The third kappa shape index (κ3) is 5.37. The second-order valence-corrected chi connectivity index (χ2v) is 10.1. The van der Waals surface area contributed by atoms with Gasteiger partial charge in [0.15, 0.2) is 0 Å². The van der Waals surface area contributed by atoms with Gasteiger partial charge in [-0.2, -0.15) is 0 Å². The molecule has 1 saturated carbocycles. The molecule has 6 nitrogen and oxygen atoms in total. The molecule has 0 spiro atoms. The van der Waals surface area contributed by atoms with Crippen molar-refractivity contribution in [3.63, 3.8) is 0 Å². The quantitative estimate of drug-likeness (QED) is 0.526. The molecule has 4 rings (SSSR count). The van der Waals surface area contributed by atoms with Crippen molar-refractivity contribution in [3.8, 4) is 5.75 Å². The maximum Gasteiger partial charge on any atom is 0.267 e. The summed E-state index contributed by atoms with van der Waals surface area (Å²) in [5, 5.41) is 0.825. The molecule has 0 unspecified atom stereocenters. The predicted octanol–water partition coefficient (Wildman–Crippen LogP) is 4.86. The lowest BCUT2D eigenvalue weighted by Crippen LogP contribution is -2.32. The van der Waals surface area contributed by atoms with E-state index in [0.29, 0.717) is 18.1 Å². The molecule has 9 heteroatoms. The number of hydrogen-bond donors (Lipinski definition) is 1. The summed E-state index contributed by atoms with van der Waals surface area (Å²) < 4.78 is 47.1. The van der Waals surface area contributed by atoms with E-state index in [-0.39, 0.29) is 10.8 Å². The Morgan fingerprint density at radius 1 is 1.19 bits per heavy atom. The molecule has 1 amide bonds. The fourth-order valence-corrected chi connectivity index (χ4v) is 5.17. The summed E-state index contributed by atoms with van der Waals surface area (Å²) in [6, 6.07) is 10.7. The lowest BCUT2D eigenvalue weighted by Gasteiger charge is -2.14. The van der Waals surface area contributed by atoms with Crippen molar-refractivity contribution >= 4 is 38.4 Å². The molecule has 168 valence electrons. The van der Waals surface area contributed by atoms with Gasteiger partial charge in [0.1, 0.15) is 11.6 Å². The van der Waals surface area contributed by atoms with E-state index in [4.69, 9.17) is 16.3 Å². The van der Waals surface area contributed by atoms with Crippen molar-refractivity contribution < 1.29 is 22.3 Å². The third-order valence-corrected chi connectivity index (χ3v) is 6.99. The molecule has 0 bridgehead atoms. The molecule has 1 fully saturated rings. The number of pyridine rings is 1. The van der Waals surface area contributed by atoms with Gasteiger partial charge < -0.3 is 4.74 Å². The van der Waals surface area contributed by atoms with E-state index in [0.717, 1.165) is 48.7 Å². The zero-order valence-electron chi connectivity index (χ0n) is 17.2. The number of carbonyl (C=O) groups excluding carboxylic acids is 1. The van der Waals surface area contributed by atoms with Crippen LogP contribution < -0.4 is 9.46 Å². The van der Waals surface area contributed by atoms with Crippen molar-refractivity contribution in [2.24, 2.45) is 5.92 Å². The van der Waals surface area contributed by atoms with Gasteiger partial charge in [0.25, 0.3) is 5.91 Å². The van der Waals surface area contributed by atoms with E-state index in [1.165, 1.54) is 0 Å². The van der Waals surface area contributed by atoms with Crippen LogP contribution in [0.1, 0.15) is 41.6 Å². The molecule has 32 heavy (non-hydrogen) atoms. The van der Waals surface area contributed by atoms with E-state index >= 15 is 0 Å². The zero-order valence-corrected chi connectivity index (χ0v) is 18.8. The number of benzene rings is 2. The highest BCUT2D eigenvalue weighted by Gasteiger charge is 2.22. The fraction of sp³-hybridized carbons (Fsp3) is 0.304. The highest BCUT2D eigenvalue weighted by atomic mass is 35.5. The molecule has 0 atom stereocenters. The summed E-state index contributed by atoms with van der Waals surface area (Å²) >= 11 is 6.16. The Hall–Kier alpha value is -2.71. The normalized spacial score (nSPS) is 14.6. The second-order valence-electron chi connectivity index (χ2n) is 7.94. The topological polar surface area (TPSA) is 85.4 Å². The Morgan fingerprint density at radius 3 is 2.75 bits per heavy atom. The molecule has 1 heterocycles. The van der Waals surface area contributed by atoms with Crippen molar-refractivity contribution in [1.29, 1.82) is 0 Å². The zero-order chi connectivity index (χ0) is 22.7. The van der Waals surface area contributed by atoms with Gasteiger partial charge in [0.2, 0.25) is 10.0 Å². The number of hydrogen-bond acceptors (Lipinski definition) is 5. The maximum absolute atomic E-state index is 14.6. The first-order valence-electron chi connectivity index (χ1n) is 10.3. The van der Waals surface area contributed by atoms with Gasteiger partial charge in [-0.3, -0.25) is 9.78 Å². The number of nitrogens with zero attached hydrogens (tertiary/aromatic N) is 1. The molecule has 3 aromatic rings. The van der Waals surface area contributed by atoms with E-state index in [1.807, 2.05) is 10.8 Å². The minimum Gasteiger partial charge on any atom is -0.492 e. The van der Waals surface area contributed by atoms with E-state index < -0.39 is 33.1 Å². The summed E-state index contributed by atoms with van der Waals surface area (Å²) in [6.45, 7) is 0.431. The predicted molar refractivity (Wildman–Crippen MR) is 121 cm³/mol. The van der Waals surface area contributed by atoms with Crippen LogP contribution in [0.25, 0.3) is 10.9 Å². The number of carbonyl (C=O) groups is 1. The average molecular weight is 477 g/mol. The highest BCUT2D eigenvalue weighted by Crippen LogP contribution is 2.31. The summed E-state index contributed by atoms with van der Waals surface area (Å²) in [5.41, 5.74) is 0.735. The number of rotatable bonds is 7. The van der Waals surface area contributed by atoms with Crippen LogP contribution in [0.2, 0.25) is 5.02 Å². The van der Waals surface area contributed by atoms with Crippen LogP contribution in [0.3, 0.4) is 0 Å². The largest absolute Gasteiger partial charge is 0.492 e. The number of sulfonamides is 1. The monoisotopic (exact) mass is 476 g/mol. The van der Waals surface area contributed by atoms with Gasteiger partial charge in [0, 0.05) is 17.6 Å². The first kappa shape index (κ1) is 22.5. The summed E-state index contributed by atoms with van der Waals surface area (Å²) in [7, 11) is -4.07. The van der Waals surface area contributed by atoms with Crippen LogP contribution in [-0.4, -0.2) is 25.9 Å². The third-order valence-electron chi connectivity index (χ3n) is 5.49. The fourth-order valence-electron chi connectivity index (χ4n) is 3.86. The number of aromatic nitrogens is 1. The van der Waals surface area contributed by atoms with Crippen molar-refractivity contribution in [2.75, 3.05) is 6.61 Å². The number of halogens is 2. The van der Waals surface area contributed by atoms with Crippen LogP contribution >= 0.6 is 11.6 Å². The molecular weight excluding hydrogens is 455 g/mol. The minimum absolute atomic E-state index is 0.0500. The minimum atomic E-state index is -4.07.